The Morgan fingerprint density at radius 3 is 1.21 bits per heavy atom. The minimum Gasteiger partial charge on any atom is -0.309 e. The van der Waals surface area contributed by atoms with Gasteiger partial charge in [0.05, 0.1) is 27.8 Å². The molecule has 5 heterocycles. The first-order valence-electron chi connectivity index (χ1n) is 27.7. The largest absolute Gasteiger partial charge is 0.309 e. The van der Waals surface area contributed by atoms with Crippen LogP contribution in [0.5, 0.6) is 0 Å². The first-order chi connectivity index (χ1) is 40.6. The van der Waals surface area contributed by atoms with Crippen LogP contribution in [0.3, 0.4) is 0 Å². The van der Waals surface area contributed by atoms with Crippen LogP contribution < -0.4 is 0 Å². The highest BCUT2D eigenvalue weighted by Crippen LogP contribution is 2.47. The van der Waals surface area contributed by atoms with Crippen molar-refractivity contribution in [2.45, 2.75) is 0 Å². The van der Waals surface area contributed by atoms with E-state index in [1.807, 2.05) is 0 Å². The summed E-state index contributed by atoms with van der Waals surface area (Å²) in [4.78, 5) is 16.4. The first kappa shape index (κ1) is 46.6. The fourth-order valence-electron chi connectivity index (χ4n) is 12.7. The van der Waals surface area contributed by atoms with Gasteiger partial charge in [-0.15, -0.1) is 22.7 Å². The highest BCUT2D eigenvalue weighted by molar-refractivity contribution is 7.26. The van der Waals surface area contributed by atoms with E-state index in [1.54, 1.807) is 22.7 Å². The Kier molecular flexibility index (Phi) is 10.6. The van der Waals surface area contributed by atoms with E-state index in [1.165, 1.54) is 73.1 Å². The molecule has 382 valence electrons. The van der Waals surface area contributed by atoms with Crippen molar-refractivity contribution < 1.29 is 0 Å². The average molecular weight is 1080 g/mol. The molecule has 0 saturated carbocycles. The van der Waals surface area contributed by atoms with Crippen LogP contribution in [0.4, 0.5) is 0 Å². The maximum Gasteiger partial charge on any atom is 0.164 e. The number of hydrogen-bond acceptors (Lipinski definition) is 5. The van der Waals surface area contributed by atoms with Gasteiger partial charge in [0.1, 0.15) is 0 Å². The summed E-state index contributed by atoms with van der Waals surface area (Å²) in [6, 6.07) is 99.1. The highest BCUT2D eigenvalue weighted by Gasteiger charge is 2.26. The van der Waals surface area contributed by atoms with Crippen molar-refractivity contribution in [3.63, 3.8) is 0 Å². The number of fused-ring (bicyclic) bond motifs is 12. The summed E-state index contributed by atoms with van der Waals surface area (Å²) < 4.78 is 9.85. The van der Waals surface area contributed by atoms with Crippen molar-refractivity contribution in [3.8, 4) is 78.9 Å². The van der Waals surface area contributed by atoms with Crippen LogP contribution in [0, 0.1) is 0 Å². The van der Waals surface area contributed by atoms with Crippen LogP contribution in [0.25, 0.3) is 163 Å². The molecular formula is C75H45N5S2. The second kappa shape index (κ2) is 18.6. The zero-order chi connectivity index (χ0) is 53.8. The molecule has 5 aromatic heterocycles. The van der Waals surface area contributed by atoms with Gasteiger partial charge >= 0.3 is 0 Å². The molecule has 82 heavy (non-hydrogen) atoms. The maximum atomic E-state index is 5.52. The lowest BCUT2D eigenvalue weighted by atomic mass is 9.92. The summed E-state index contributed by atoms with van der Waals surface area (Å²) in [6.45, 7) is 0. The first-order valence-corrected chi connectivity index (χ1v) is 29.3. The zero-order valence-corrected chi connectivity index (χ0v) is 45.7. The molecule has 12 aromatic carbocycles. The second-order valence-corrected chi connectivity index (χ2v) is 23.2. The Bertz CT molecular complexity index is 5160. The van der Waals surface area contributed by atoms with Crippen molar-refractivity contribution in [3.05, 3.63) is 273 Å². The molecule has 0 aliphatic heterocycles. The van der Waals surface area contributed by atoms with Crippen molar-refractivity contribution in [2.75, 3.05) is 0 Å². The normalized spacial score (nSPS) is 11.9. The average Bonchev–Trinajstić information content (AvgIpc) is 3.64. The molecule has 0 fully saturated rings. The molecule has 17 rings (SSSR count). The summed E-state index contributed by atoms with van der Waals surface area (Å²) in [7, 11) is 0. The number of para-hydroxylation sites is 2. The second-order valence-electron chi connectivity index (χ2n) is 21.0. The molecule has 0 amide bonds. The van der Waals surface area contributed by atoms with E-state index in [2.05, 4.69) is 282 Å². The van der Waals surface area contributed by atoms with E-state index < -0.39 is 0 Å². The molecule has 0 aliphatic rings. The van der Waals surface area contributed by atoms with Gasteiger partial charge in [0.2, 0.25) is 0 Å². The predicted molar refractivity (Wildman–Crippen MR) is 347 cm³/mol. The van der Waals surface area contributed by atoms with Gasteiger partial charge < -0.3 is 9.13 Å². The van der Waals surface area contributed by atoms with E-state index in [9.17, 15) is 0 Å². The van der Waals surface area contributed by atoms with E-state index in [0.717, 1.165) is 72.3 Å². The minimum atomic E-state index is 0.596. The molecule has 0 spiro atoms. The van der Waals surface area contributed by atoms with Crippen LogP contribution in [0.1, 0.15) is 0 Å². The molecule has 0 unspecified atom stereocenters. The summed E-state index contributed by atoms with van der Waals surface area (Å²) in [5.41, 5.74) is 16.1. The Morgan fingerprint density at radius 1 is 0.244 bits per heavy atom. The lowest BCUT2D eigenvalue weighted by molar-refractivity contribution is 1.07. The summed E-state index contributed by atoms with van der Waals surface area (Å²) in [6.07, 6.45) is 0. The topological polar surface area (TPSA) is 48.5 Å². The third-order valence-electron chi connectivity index (χ3n) is 16.4. The monoisotopic (exact) mass is 1080 g/mol. The van der Waals surface area contributed by atoms with Gasteiger partial charge in [0, 0.05) is 95.4 Å². The minimum absolute atomic E-state index is 0.596. The van der Waals surface area contributed by atoms with Gasteiger partial charge in [0.15, 0.2) is 17.5 Å². The molecule has 0 aliphatic carbocycles. The summed E-state index contributed by atoms with van der Waals surface area (Å²) in [5, 5.41) is 9.79. The van der Waals surface area contributed by atoms with Crippen molar-refractivity contribution in [2.24, 2.45) is 0 Å². The van der Waals surface area contributed by atoms with E-state index in [-0.39, 0.29) is 0 Å². The van der Waals surface area contributed by atoms with Crippen molar-refractivity contribution >= 4 is 107 Å². The van der Waals surface area contributed by atoms with Crippen LogP contribution in [-0.2, 0) is 0 Å². The van der Waals surface area contributed by atoms with Gasteiger partial charge in [-0.3, -0.25) is 0 Å². The highest BCUT2D eigenvalue weighted by atomic mass is 32.1. The van der Waals surface area contributed by atoms with E-state index >= 15 is 0 Å². The van der Waals surface area contributed by atoms with Crippen LogP contribution in [0.15, 0.2) is 273 Å². The molecular weight excluding hydrogens is 1030 g/mol. The summed E-state index contributed by atoms with van der Waals surface area (Å²) in [5.74, 6) is 1.84. The Labute approximate surface area is 479 Å². The molecule has 0 atom stereocenters. The molecule has 0 saturated heterocycles. The SMILES string of the molecule is c1ccc(-c2cc(-c3nc(-c4ccc5c(c4)sc4ccccc45)nc(-c4ccc5c(c4)sc4ccccc45)n3)cc(-c3ccccc3)c2-n2c3ccc(-n4c5ccccc5c5ccccc54)cc3c3c(-c4ccccc4)cccc32)cc1. The molecule has 0 N–H and O–H groups in total. The van der Waals surface area contributed by atoms with E-state index in [0.29, 0.717) is 17.5 Å². The molecule has 0 radical (unpaired) electrons. The fraction of sp³-hybridized carbons (Fsp3) is 0. The molecule has 7 heteroatoms. The standard InChI is InChI=1S/C75H45N5S2/c1-4-19-46(20-5-1)53-29-18-32-66-71(53)62-45-52(79-63-30-14-10-25-54(63)55-26-11-15-31-64(55)79)37-40-65(62)80(66)72-60(47-21-6-2-7-22-47)41-51(42-61(72)48-23-8-3-9-24-48)75-77-73(49-35-38-58-56-27-12-16-33-67(56)81-69(58)43-49)76-74(78-75)50-36-39-59-57-28-13-17-34-68(57)82-70(59)44-50/h1-45H. The van der Waals surface area contributed by atoms with Crippen LogP contribution >= 0.6 is 22.7 Å². The number of benzene rings is 12. The maximum absolute atomic E-state index is 5.52. The molecule has 17 aromatic rings. The Hall–Kier alpha value is -10.3. The number of rotatable bonds is 8. The number of nitrogens with zero attached hydrogens (tertiary/aromatic N) is 5. The van der Waals surface area contributed by atoms with Crippen LogP contribution in [-0.4, -0.2) is 24.1 Å². The van der Waals surface area contributed by atoms with Crippen LogP contribution in [0.2, 0.25) is 0 Å². The van der Waals surface area contributed by atoms with E-state index in [4.69, 9.17) is 15.0 Å². The van der Waals surface area contributed by atoms with Crippen molar-refractivity contribution in [1.82, 2.24) is 24.1 Å². The number of hydrogen-bond donors (Lipinski definition) is 0. The number of aromatic nitrogens is 5. The van der Waals surface area contributed by atoms with Gasteiger partial charge in [-0.2, -0.15) is 0 Å². The van der Waals surface area contributed by atoms with Gasteiger partial charge in [-0.25, -0.2) is 15.0 Å². The van der Waals surface area contributed by atoms with Gasteiger partial charge in [-0.05, 0) is 95.1 Å². The van der Waals surface area contributed by atoms with Gasteiger partial charge in [-0.1, -0.05) is 200 Å². The summed E-state index contributed by atoms with van der Waals surface area (Å²) >= 11 is 3.60. The third kappa shape index (κ3) is 7.41. The lowest BCUT2D eigenvalue weighted by Crippen LogP contribution is -2.04. The smallest absolute Gasteiger partial charge is 0.164 e. The quantitative estimate of drug-likeness (QED) is 0.152. The predicted octanol–water partition coefficient (Wildman–Crippen LogP) is 20.8. The fourth-order valence-corrected chi connectivity index (χ4v) is 15.0. The molecule has 0 bridgehead atoms. The lowest BCUT2D eigenvalue weighted by Gasteiger charge is -2.21. The Morgan fingerprint density at radius 2 is 0.671 bits per heavy atom. The van der Waals surface area contributed by atoms with Gasteiger partial charge in [0.25, 0.3) is 0 Å². The Balaban J connectivity index is 0.950. The zero-order valence-electron chi connectivity index (χ0n) is 44.0. The third-order valence-corrected chi connectivity index (χ3v) is 18.6. The number of thiophene rings is 2. The van der Waals surface area contributed by atoms with Crippen molar-refractivity contribution in [1.29, 1.82) is 0 Å². The molecule has 5 nitrogen and oxygen atoms in total.